The zero-order valence-corrected chi connectivity index (χ0v) is 15.7. The molecule has 0 saturated carbocycles. The van der Waals surface area contributed by atoms with Gasteiger partial charge in [-0.2, -0.15) is 9.82 Å². The minimum absolute atomic E-state index is 0.0740. The fourth-order valence-corrected chi connectivity index (χ4v) is 2.92. The molecule has 0 unspecified atom stereocenters. The van der Waals surface area contributed by atoms with E-state index in [1.54, 1.807) is 38.4 Å². The molecule has 1 aromatic carbocycles. The van der Waals surface area contributed by atoms with E-state index in [2.05, 4.69) is 15.1 Å². The van der Waals surface area contributed by atoms with Crippen LogP contribution in [-0.4, -0.2) is 50.3 Å². The number of methoxy groups -OCH3 is 1. The Balaban J connectivity index is 1.70. The van der Waals surface area contributed by atoms with Crippen molar-refractivity contribution in [3.05, 3.63) is 42.2 Å². The number of hydrogen-bond donors (Lipinski definition) is 2. The summed E-state index contributed by atoms with van der Waals surface area (Å²) in [4.78, 5) is 23.2. The van der Waals surface area contributed by atoms with Gasteiger partial charge in [-0.25, -0.2) is 8.42 Å². The second-order valence-corrected chi connectivity index (χ2v) is 7.23. The Kier molecular flexibility index (Phi) is 6.91. The SMILES string of the molecule is COc1ccc(CNC(=O)COC(=O)CNS(=O)(=O)c2cnn(C)c2)cc1. The van der Waals surface area contributed by atoms with E-state index in [0.29, 0.717) is 5.75 Å². The number of rotatable bonds is 9. The van der Waals surface area contributed by atoms with E-state index < -0.39 is 35.1 Å². The number of esters is 1. The summed E-state index contributed by atoms with van der Waals surface area (Å²) in [5, 5.41) is 6.33. The van der Waals surface area contributed by atoms with Gasteiger partial charge in [0.1, 0.15) is 17.2 Å². The lowest BCUT2D eigenvalue weighted by atomic mass is 10.2. The van der Waals surface area contributed by atoms with E-state index in [4.69, 9.17) is 9.47 Å². The highest BCUT2D eigenvalue weighted by molar-refractivity contribution is 7.89. The third-order valence-electron chi connectivity index (χ3n) is 3.41. The Bertz CT molecular complexity index is 892. The van der Waals surface area contributed by atoms with Gasteiger partial charge in [0.15, 0.2) is 6.61 Å². The van der Waals surface area contributed by atoms with Crippen molar-refractivity contribution < 1.29 is 27.5 Å². The van der Waals surface area contributed by atoms with Crippen LogP contribution in [0.3, 0.4) is 0 Å². The summed E-state index contributed by atoms with van der Waals surface area (Å²) in [5.74, 6) is -0.677. The molecule has 10 nitrogen and oxygen atoms in total. The lowest BCUT2D eigenvalue weighted by Gasteiger charge is -2.08. The van der Waals surface area contributed by atoms with E-state index in [-0.39, 0.29) is 11.4 Å². The normalized spacial score (nSPS) is 11.0. The Labute approximate surface area is 156 Å². The van der Waals surface area contributed by atoms with Crippen LogP contribution in [0.5, 0.6) is 5.75 Å². The van der Waals surface area contributed by atoms with Crippen molar-refractivity contribution in [3.63, 3.8) is 0 Å². The Morgan fingerprint density at radius 1 is 1.22 bits per heavy atom. The zero-order valence-electron chi connectivity index (χ0n) is 14.8. The molecule has 1 heterocycles. The maximum absolute atomic E-state index is 11.9. The molecular formula is C16H20N4O6S. The first-order valence-corrected chi connectivity index (χ1v) is 9.32. The van der Waals surface area contributed by atoms with Gasteiger partial charge in [0.05, 0.1) is 13.3 Å². The average Bonchev–Trinajstić information content (AvgIpc) is 3.11. The Morgan fingerprint density at radius 2 is 1.93 bits per heavy atom. The predicted octanol–water partition coefficient (Wildman–Crippen LogP) is -0.433. The molecule has 27 heavy (non-hydrogen) atoms. The Morgan fingerprint density at radius 3 is 2.52 bits per heavy atom. The van der Waals surface area contributed by atoms with Gasteiger partial charge in [-0.3, -0.25) is 14.3 Å². The first kappa shape index (κ1) is 20.4. The number of carbonyl (C=O) groups excluding carboxylic acids is 2. The molecule has 0 aliphatic rings. The van der Waals surface area contributed by atoms with E-state index in [0.717, 1.165) is 11.8 Å². The zero-order chi connectivity index (χ0) is 19.9. The minimum Gasteiger partial charge on any atom is -0.497 e. The molecule has 0 radical (unpaired) electrons. The van der Waals surface area contributed by atoms with Crippen molar-refractivity contribution in [2.24, 2.45) is 7.05 Å². The van der Waals surface area contributed by atoms with Crippen molar-refractivity contribution in [2.75, 3.05) is 20.3 Å². The number of sulfonamides is 1. The van der Waals surface area contributed by atoms with Crippen LogP contribution in [0.25, 0.3) is 0 Å². The molecule has 0 aliphatic carbocycles. The molecule has 1 aromatic heterocycles. The van der Waals surface area contributed by atoms with Crippen LogP contribution < -0.4 is 14.8 Å². The maximum atomic E-state index is 11.9. The van der Waals surface area contributed by atoms with Gasteiger partial charge in [-0.05, 0) is 17.7 Å². The van der Waals surface area contributed by atoms with E-state index in [9.17, 15) is 18.0 Å². The van der Waals surface area contributed by atoms with Gasteiger partial charge < -0.3 is 14.8 Å². The quantitative estimate of drug-likeness (QED) is 0.550. The molecule has 2 N–H and O–H groups in total. The third kappa shape index (κ3) is 6.38. The van der Waals surface area contributed by atoms with Crippen molar-refractivity contribution >= 4 is 21.9 Å². The number of nitrogens with zero attached hydrogens (tertiary/aromatic N) is 2. The van der Waals surface area contributed by atoms with Crippen molar-refractivity contribution in [1.29, 1.82) is 0 Å². The molecule has 0 aliphatic heterocycles. The highest BCUT2D eigenvalue weighted by Crippen LogP contribution is 2.10. The van der Waals surface area contributed by atoms with E-state index in [1.807, 2.05) is 0 Å². The average molecular weight is 396 g/mol. The first-order valence-electron chi connectivity index (χ1n) is 7.84. The summed E-state index contributed by atoms with van der Waals surface area (Å²) in [7, 11) is -0.745. The number of aryl methyl sites for hydroxylation is 1. The molecule has 0 bridgehead atoms. The lowest BCUT2D eigenvalue weighted by molar-refractivity contribution is -0.147. The standard InChI is InChI=1S/C16H20N4O6S/c1-20-10-14(8-18-20)27(23,24)19-9-16(22)26-11-15(21)17-7-12-3-5-13(25-2)6-4-12/h3-6,8,10,19H,7,9,11H2,1-2H3,(H,17,21). The van der Waals surface area contributed by atoms with Gasteiger partial charge in [0.2, 0.25) is 10.0 Å². The van der Waals surface area contributed by atoms with Crippen LogP contribution in [0.15, 0.2) is 41.6 Å². The number of carbonyl (C=O) groups is 2. The molecule has 11 heteroatoms. The van der Waals surface area contributed by atoms with E-state index in [1.165, 1.54) is 10.9 Å². The monoisotopic (exact) mass is 396 g/mol. The van der Waals surface area contributed by atoms with Crippen molar-refractivity contribution in [2.45, 2.75) is 11.4 Å². The molecule has 0 spiro atoms. The fraction of sp³-hybridized carbons (Fsp3) is 0.312. The number of aromatic nitrogens is 2. The molecule has 146 valence electrons. The number of amides is 1. The number of benzene rings is 1. The summed E-state index contributed by atoms with van der Waals surface area (Å²) < 4.78 is 37.1. The van der Waals surface area contributed by atoms with Gasteiger partial charge in [-0.1, -0.05) is 12.1 Å². The van der Waals surface area contributed by atoms with Crippen LogP contribution >= 0.6 is 0 Å². The summed E-state index contributed by atoms with van der Waals surface area (Å²) in [5.41, 5.74) is 0.847. The molecule has 0 saturated heterocycles. The van der Waals surface area contributed by atoms with Crippen LogP contribution in [0.1, 0.15) is 5.56 Å². The van der Waals surface area contributed by atoms with Crippen LogP contribution in [0.2, 0.25) is 0 Å². The maximum Gasteiger partial charge on any atom is 0.321 e. The highest BCUT2D eigenvalue weighted by atomic mass is 32.2. The molecule has 0 atom stereocenters. The smallest absolute Gasteiger partial charge is 0.321 e. The lowest BCUT2D eigenvalue weighted by Crippen LogP contribution is -2.33. The van der Waals surface area contributed by atoms with Gasteiger partial charge in [0, 0.05) is 19.8 Å². The molecule has 2 aromatic rings. The van der Waals surface area contributed by atoms with Crippen LogP contribution in [0.4, 0.5) is 0 Å². The summed E-state index contributed by atoms with van der Waals surface area (Å²) >= 11 is 0. The molecular weight excluding hydrogens is 376 g/mol. The van der Waals surface area contributed by atoms with E-state index >= 15 is 0 Å². The van der Waals surface area contributed by atoms with Crippen LogP contribution in [0, 0.1) is 0 Å². The fourth-order valence-electron chi connectivity index (χ4n) is 1.97. The summed E-state index contributed by atoms with van der Waals surface area (Å²) in [6.07, 6.45) is 2.45. The van der Waals surface area contributed by atoms with Crippen LogP contribution in [-0.2, 0) is 37.9 Å². The third-order valence-corrected chi connectivity index (χ3v) is 4.77. The Hall–Kier alpha value is -2.92. The summed E-state index contributed by atoms with van der Waals surface area (Å²) in [6, 6.07) is 7.10. The van der Waals surface area contributed by atoms with Gasteiger partial charge in [0.25, 0.3) is 5.91 Å². The number of ether oxygens (including phenoxy) is 2. The second-order valence-electron chi connectivity index (χ2n) is 5.46. The largest absolute Gasteiger partial charge is 0.497 e. The molecule has 2 rings (SSSR count). The van der Waals surface area contributed by atoms with Crippen molar-refractivity contribution in [1.82, 2.24) is 19.8 Å². The first-order chi connectivity index (χ1) is 12.8. The minimum atomic E-state index is -3.87. The molecule has 1 amide bonds. The second kappa shape index (κ2) is 9.14. The van der Waals surface area contributed by atoms with Gasteiger partial charge >= 0.3 is 5.97 Å². The predicted molar refractivity (Wildman–Crippen MR) is 94.2 cm³/mol. The highest BCUT2D eigenvalue weighted by Gasteiger charge is 2.18. The molecule has 0 fully saturated rings. The number of hydrogen-bond acceptors (Lipinski definition) is 7. The van der Waals surface area contributed by atoms with Crippen molar-refractivity contribution in [3.8, 4) is 5.75 Å². The topological polar surface area (TPSA) is 129 Å². The number of nitrogens with one attached hydrogen (secondary N) is 2. The summed E-state index contributed by atoms with van der Waals surface area (Å²) in [6.45, 7) is -0.847. The van der Waals surface area contributed by atoms with Gasteiger partial charge in [-0.15, -0.1) is 0 Å².